The molecule has 0 saturated carbocycles. The van der Waals surface area contributed by atoms with Crippen molar-refractivity contribution in [3.63, 3.8) is 0 Å². The summed E-state index contributed by atoms with van der Waals surface area (Å²) in [6.45, 7) is 2.36. The van der Waals surface area contributed by atoms with Gasteiger partial charge in [-0.2, -0.15) is 0 Å². The first kappa shape index (κ1) is 18.2. The molecule has 4 nitrogen and oxygen atoms in total. The van der Waals surface area contributed by atoms with Gasteiger partial charge in [0, 0.05) is 13.1 Å². The Morgan fingerprint density at radius 3 is 2.25 bits per heavy atom. The van der Waals surface area contributed by atoms with Gasteiger partial charge in [0.2, 0.25) is 0 Å². The molecule has 0 bridgehead atoms. The Kier molecular flexibility index (Phi) is 6.11. The first-order valence-corrected chi connectivity index (χ1v) is 7.52. The fourth-order valence-corrected chi connectivity index (χ4v) is 2.49. The topological polar surface area (TPSA) is 50.7 Å². The Morgan fingerprint density at radius 2 is 1.67 bits per heavy atom. The van der Waals surface area contributed by atoms with Crippen LogP contribution in [0.25, 0.3) is 0 Å². The Morgan fingerprint density at radius 1 is 1.08 bits per heavy atom. The van der Waals surface area contributed by atoms with E-state index in [1.54, 1.807) is 14.2 Å². The number of benzene rings is 2. The molecule has 0 aliphatic carbocycles. The summed E-state index contributed by atoms with van der Waals surface area (Å²) < 4.78 is 37.8. The molecule has 0 amide bonds. The highest BCUT2D eigenvalue weighted by molar-refractivity contribution is 5.47. The van der Waals surface area contributed by atoms with Crippen LogP contribution in [0, 0.1) is 18.6 Å². The molecule has 24 heavy (non-hydrogen) atoms. The number of nitrogens with one attached hydrogen (secondary N) is 1. The van der Waals surface area contributed by atoms with Crippen molar-refractivity contribution in [3.8, 4) is 11.5 Å². The van der Waals surface area contributed by atoms with Crippen molar-refractivity contribution in [2.75, 3.05) is 20.8 Å². The molecule has 2 rings (SSSR count). The third-order valence-electron chi connectivity index (χ3n) is 3.83. The van der Waals surface area contributed by atoms with Crippen LogP contribution in [0.2, 0.25) is 0 Å². The molecule has 6 heteroatoms. The lowest BCUT2D eigenvalue weighted by Crippen LogP contribution is -2.23. The number of hydrogen-bond acceptors (Lipinski definition) is 4. The van der Waals surface area contributed by atoms with E-state index in [1.807, 2.05) is 19.1 Å². The maximum absolute atomic E-state index is 13.6. The average Bonchev–Trinajstić information content (AvgIpc) is 2.55. The van der Waals surface area contributed by atoms with E-state index in [-0.39, 0.29) is 12.1 Å². The number of aryl methyl sites for hydroxylation is 1. The molecule has 1 atom stereocenters. The monoisotopic (exact) mass is 337 g/mol. The fourth-order valence-electron chi connectivity index (χ4n) is 2.49. The van der Waals surface area contributed by atoms with Gasteiger partial charge in [-0.1, -0.05) is 6.07 Å². The van der Waals surface area contributed by atoms with Gasteiger partial charge in [0.05, 0.1) is 25.9 Å². The van der Waals surface area contributed by atoms with E-state index in [1.165, 1.54) is 6.07 Å². The van der Waals surface area contributed by atoms with E-state index >= 15 is 0 Å². The van der Waals surface area contributed by atoms with Crippen LogP contribution < -0.4 is 14.8 Å². The van der Waals surface area contributed by atoms with Crippen LogP contribution in [0.3, 0.4) is 0 Å². The number of halogens is 2. The summed E-state index contributed by atoms with van der Waals surface area (Å²) in [7, 11) is 3.11. The number of ether oxygens (including phenoxy) is 2. The van der Waals surface area contributed by atoms with Crippen LogP contribution in [-0.4, -0.2) is 25.9 Å². The molecule has 130 valence electrons. The van der Waals surface area contributed by atoms with Gasteiger partial charge in [-0.25, -0.2) is 8.78 Å². The van der Waals surface area contributed by atoms with Gasteiger partial charge in [0.25, 0.3) is 0 Å². The van der Waals surface area contributed by atoms with Crippen molar-refractivity contribution in [2.45, 2.75) is 19.6 Å². The Hall–Kier alpha value is -2.18. The van der Waals surface area contributed by atoms with E-state index in [2.05, 4.69) is 5.32 Å². The number of aliphatic hydroxyl groups is 1. The molecule has 0 aliphatic heterocycles. The van der Waals surface area contributed by atoms with Crippen LogP contribution in [0.15, 0.2) is 30.3 Å². The minimum Gasteiger partial charge on any atom is -0.493 e. The summed E-state index contributed by atoms with van der Waals surface area (Å²) in [5.41, 5.74) is 1.59. The Labute approximate surface area is 140 Å². The van der Waals surface area contributed by atoms with E-state index < -0.39 is 17.7 Å². The lowest BCUT2D eigenvalue weighted by atomic mass is 10.1. The first-order valence-electron chi connectivity index (χ1n) is 7.52. The van der Waals surface area contributed by atoms with Crippen LogP contribution in [0.4, 0.5) is 8.78 Å². The molecule has 0 fully saturated rings. The van der Waals surface area contributed by atoms with Gasteiger partial charge in [0.15, 0.2) is 11.5 Å². The Bertz CT molecular complexity index is 687. The number of hydrogen-bond donors (Lipinski definition) is 2. The van der Waals surface area contributed by atoms with Crippen molar-refractivity contribution in [1.82, 2.24) is 5.32 Å². The van der Waals surface area contributed by atoms with Gasteiger partial charge >= 0.3 is 0 Å². The molecule has 2 N–H and O–H groups in total. The molecule has 0 spiro atoms. The Balaban J connectivity index is 2.04. The van der Waals surface area contributed by atoms with Crippen LogP contribution in [-0.2, 0) is 6.54 Å². The maximum atomic E-state index is 13.6. The molecule has 0 saturated heterocycles. The minimum absolute atomic E-state index is 0.0195. The predicted molar refractivity (Wildman–Crippen MR) is 87.3 cm³/mol. The van der Waals surface area contributed by atoms with Crippen LogP contribution >= 0.6 is 0 Å². The highest BCUT2D eigenvalue weighted by Crippen LogP contribution is 2.30. The van der Waals surface area contributed by atoms with E-state index in [0.29, 0.717) is 18.0 Å². The van der Waals surface area contributed by atoms with Crippen LogP contribution in [0.5, 0.6) is 11.5 Å². The zero-order valence-corrected chi connectivity index (χ0v) is 13.9. The summed E-state index contributed by atoms with van der Waals surface area (Å²) >= 11 is 0. The second-order valence-electron chi connectivity index (χ2n) is 5.42. The summed E-state index contributed by atoms with van der Waals surface area (Å²) in [6, 6.07) is 7.20. The molecular formula is C18H21F2NO3. The molecule has 0 aromatic heterocycles. The largest absolute Gasteiger partial charge is 0.493 e. The zero-order valence-electron chi connectivity index (χ0n) is 13.9. The molecule has 0 aliphatic rings. The summed E-state index contributed by atoms with van der Waals surface area (Å²) in [5.74, 6) is -0.286. The summed E-state index contributed by atoms with van der Waals surface area (Å²) in [5, 5.41) is 13.0. The molecular weight excluding hydrogens is 316 g/mol. The van der Waals surface area contributed by atoms with Crippen molar-refractivity contribution in [2.24, 2.45) is 0 Å². The number of aliphatic hydroxyl groups excluding tert-OH is 1. The van der Waals surface area contributed by atoms with E-state index in [4.69, 9.17) is 9.47 Å². The zero-order chi connectivity index (χ0) is 17.7. The first-order chi connectivity index (χ1) is 11.5. The van der Waals surface area contributed by atoms with Crippen molar-refractivity contribution >= 4 is 0 Å². The normalized spacial score (nSPS) is 12.1. The lowest BCUT2D eigenvalue weighted by Gasteiger charge is -2.16. The highest BCUT2D eigenvalue weighted by atomic mass is 19.1. The van der Waals surface area contributed by atoms with E-state index in [9.17, 15) is 13.9 Å². The summed E-state index contributed by atoms with van der Waals surface area (Å²) in [6.07, 6.45) is -1.27. The quantitative estimate of drug-likeness (QED) is 0.815. The molecule has 1 unspecified atom stereocenters. The van der Waals surface area contributed by atoms with Crippen molar-refractivity contribution < 1.29 is 23.4 Å². The van der Waals surface area contributed by atoms with E-state index in [0.717, 1.165) is 23.3 Å². The maximum Gasteiger partial charge on any atom is 0.161 e. The van der Waals surface area contributed by atoms with Crippen LogP contribution in [0.1, 0.15) is 22.8 Å². The minimum atomic E-state index is -1.27. The fraction of sp³-hybridized carbons (Fsp3) is 0.333. The van der Waals surface area contributed by atoms with Gasteiger partial charge in [0.1, 0.15) is 11.6 Å². The molecule has 0 radical (unpaired) electrons. The third-order valence-corrected chi connectivity index (χ3v) is 3.83. The molecule has 2 aromatic carbocycles. The van der Waals surface area contributed by atoms with Gasteiger partial charge in [-0.15, -0.1) is 0 Å². The van der Waals surface area contributed by atoms with Crippen molar-refractivity contribution in [1.29, 1.82) is 0 Å². The van der Waals surface area contributed by atoms with Gasteiger partial charge in [-0.3, -0.25) is 0 Å². The summed E-state index contributed by atoms with van der Waals surface area (Å²) in [4.78, 5) is 0. The number of methoxy groups -OCH3 is 2. The third kappa shape index (κ3) is 4.01. The second-order valence-corrected chi connectivity index (χ2v) is 5.42. The smallest absolute Gasteiger partial charge is 0.161 e. The van der Waals surface area contributed by atoms with Gasteiger partial charge in [-0.05, 0) is 42.3 Å². The highest BCUT2D eigenvalue weighted by Gasteiger charge is 2.17. The SMILES string of the molecule is COc1cc(C)c(CNCC(O)c2c(F)cccc2F)cc1OC. The average molecular weight is 337 g/mol. The molecule has 0 heterocycles. The number of rotatable bonds is 7. The van der Waals surface area contributed by atoms with Crippen molar-refractivity contribution in [3.05, 3.63) is 58.7 Å². The standard InChI is InChI=1S/C18H21F2NO3/c1-11-7-16(23-2)17(24-3)8-12(11)9-21-10-15(22)18-13(19)5-4-6-14(18)20/h4-8,15,21-22H,9-10H2,1-3H3. The lowest BCUT2D eigenvalue weighted by molar-refractivity contribution is 0.164. The second kappa shape index (κ2) is 8.08. The van der Waals surface area contributed by atoms with Gasteiger partial charge < -0.3 is 19.9 Å². The molecule has 2 aromatic rings. The predicted octanol–water partition coefficient (Wildman–Crippen LogP) is 3.11.